The highest BCUT2D eigenvalue weighted by atomic mass is 79.9. The van der Waals surface area contributed by atoms with Crippen molar-refractivity contribution >= 4 is 21.8 Å². The van der Waals surface area contributed by atoms with Gasteiger partial charge in [0, 0.05) is 12.6 Å². The standard InChI is InChI=1S/C10H18BrNO/c1-3-5-8(4-2)12-7-6-9(11)10(12)13/h8-9H,3-7H2,1-2H3. The molecule has 1 amide bonds. The Hall–Kier alpha value is -0.0500. The first kappa shape index (κ1) is 11.0. The van der Waals surface area contributed by atoms with E-state index in [-0.39, 0.29) is 4.83 Å². The number of halogens is 1. The van der Waals surface area contributed by atoms with E-state index in [1.165, 1.54) is 0 Å². The van der Waals surface area contributed by atoms with Crippen molar-refractivity contribution in [3.05, 3.63) is 0 Å². The van der Waals surface area contributed by atoms with E-state index in [1.54, 1.807) is 0 Å². The van der Waals surface area contributed by atoms with Gasteiger partial charge in [0.25, 0.3) is 0 Å². The molecule has 0 aromatic rings. The first-order valence-electron chi connectivity index (χ1n) is 5.15. The van der Waals surface area contributed by atoms with Gasteiger partial charge in [-0.25, -0.2) is 0 Å². The first-order chi connectivity index (χ1) is 6.20. The van der Waals surface area contributed by atoms with Crippen molar-refractivity contribution in [2.45, 2.75) is 50.4 Å². The van der Waals surface area contributed by atoms with Crippen LogP contribution in [0.4, 0.5) is 0 Å². The van der Waals surface area contributed by atoms with Gasteiger partial charge in [0.15, 0.2) is 0 Å². The van der Waals surface area contributed by atoms with E-state index in [4.69, 9.17) is 0 Å². The molecule has 3 heteroatoms. The van der Waals surface area contributed by atoms with Gasteiger partial charge >= 0.3 is 0 Å². The molecule has 1 aliphatic heterocycles. The number of amides is 1. The average Bonchev–Trinajstić information content (AvgIpc) is 2.45. The number of nitrogens with zero attached hydrogens (tertiary/aromatic N) is 1. The molecule has 1 heterocycles. The largest absolute Gasteiger partial charge is 0.339 e. The van der Waals surface area contributed by atoms with Crippen molar-refractivity contribution in [3.63, 3.8) is 0 Å². The van der Waals surface area contributed by atoms with Crippen LogP contribution in [0.15, 0.2) is 0 Å². The molecule has 1 rings (SSSR count). The molecule has 0 saturated carbocycles. The number of hydrogen-bond donors (Lipinski definition) is 0. The topological polar surface area (TPSA) is 20.3 Å². The normalized spacial score (nSPS) is 25.3. The van der Waals surface area contributed by atoms with E-state index in [0.29, 0.717) is 11.9 Å². The number of likely N-dealkylation sites (tertiary alicyclic amines) is 1. The summed E-state index contributed by atoms with van der Waals surface area (Å²) in [6.45, 7) is 5.28. The van der Waals surface area contributed by atoms with Crippen molar-refractivity contribution in [1.29, 1.82) is 0 Å². The van der Waals surface area contributed by atoms with Crippen LogP contribution in [0.5, 0.6) is 0 Å². The monoisotopic (exact) mass is 247 g/mol. The Bertz CT molecular complexity index is 184. The zero-order valence-corrected chi connectivity index (χ0v) is 10.0. The SMILES string of the molecule is CCCC(CC)N1CCC(Br)C1=O. The molecule has 0 aromatic carbocycles. The van der Waals surface area contributed by atoms with E-state index in [2.05, 4.69) is 29.8 Å². The summed E-state index contributed by atoms with van der Waals surface area (Å²) in [4.78, 5) is 13.8. The number of rotatable bonds is 4. The van der Waals surface area contributed by atoms with Crippen LogP contribution in [0.2, 0.25) is 0 Å². The van der Waals surface area contributed by atoms with Gasteiger partial charge in [-0.3, -0.25) is 4.79 Å². The van der Waals surface area contributed by atoms with Crippen LogP contribution in [-0.2, 0) is 4.79 Å². The van der Waals surface area contributed by atoms with Crippen molar-refractivity contribution in [2.75, 3.05) is 6.54 Å². The molecule has 1 saturated heterocycles. The predicted molar refractivity (Wildman–Crippen MR) is 58.0 cm³/mol. The van der Waals surface area contributed by atoms with Crippen LogP contribution in [-0.4, -0.2) is 28.2 Å². The molecule has 0 aliphatic carbocycles. The average molecular weight is 248 g/mol. The summed E-state index contributed by atoms with van der Waals surface area (Å²) in [5.74, 6) is 0.292. The van der Waals surface area contributed by atoms with Gasteiger partial charge in [0.1, 0.15) is 0 Å². The second kappa shape index (κ2) is 4.99. The minimum atomic E-state index is 0.0819. The fraction of sp³-hybridized carbons (Fsp3) is 0.900. The zero-order chi connectivity index (χ0) is 9.84. The molecule has 0 N–H and O–H groups in total. The van der Waals surface area contributed by atoms with E-state index >= 15 is 0 Å². The molecule has 0 aromatic heterocycles. The van der Waals surface area contributed by atoms with Crippen molar-refractivity contribution < 1.29 is 4.79 Å². The summed E-state index contributed by atoms with van der Waals surface area (Å²) < 4.78 is 0. The van der Waals surface area contributed by atoms with Gasteiger partial charge in [0.05, 0.1) is 4.83 Å². The van der Waals surface area contributed by atoms with Crippen LogP contribution < -0.4 is 0 Å². The van der Waals surface area contributed by atoms with Gasteiger partial charge in [-0.05, 0) is 19.3 Å². The third-order valence-electron chi connectivity index (χ3n) is 2.71. The summed E-state index contributed by atoms with van der Waals surface area (Å²) in [6, 6.07) is 0.472. The molecule has 2 unspecified atom stereocenters. The van der Waals surface area contributed by atoms with Gasteiger partial charge in [0.2, 0.25) is 5.91 Å². The summed E-state index contributed by atoms with van der Waals surface area (Å²) >= 11 is 3.40. The predicted octanol–water partition coefficient (Wildman–Crippen LogP) is 2.56. The lowest BCUT2D eigenvalue weighted by Crippen LogP contribution is -2.37. The summed E-state index contributed by atoms with van der Waals surface area (Å²) in [5.41, 5.74) is 0. The maximum atomic E-state index is 11.7. The fourth-order valence-electron chi connectivity index (χ4n) is 1.94. The Kier molecular flexibility index (Phi) is 4.23. The van der Waals surface area contributed by atoms with Crippen LogP contribution in [0.1, 0.15) is 39.5 Å². The molecule has 0 spiro atoms. The first-order valence-corrected chi connectivity index (χ1v) is 6.06. The third kappa shape index (κ3) is 2.46. The molecule has 2 nitrogen and oxygen atoms in total. The molecule has 13 heavy (non-hydrogen) atoms. The third-order valence-corrected chi connectivity index (χ3v) is 3.56. The van der Waals surface area contributed by atoms with Crippen LogP contribution in [0.3, 0.4) is 0 Å². The number of hydrogen-bond acceptors (Lipinski definition) is 1. The lowest BCUT2D eigenvalue weighted by atomic mass is 10.1. The lowest BCUT2D eigenvalue weighted by Gasteiger charge is -2.26. The van der Waals surface area contributed by atoms with Gasteiger partial charge in [-0.1, -0.05) is 36.2 Å². The Morgan fingerprint density at radius 2 is 2.31 bits per heavy atom. The van der Waals surface area contributed by atoms with Crippen LogP contribution >= 0.6 is 15.9 Å². The van der Waals surface area contributed by atoms with Gasteiger partial charge < -0.3 is 4.90 Å². The number of alkyl halides is 1. The maximum absolute atomic E-state index is 11.7. The molecule has 76 valence electrons. The molecule has 1 aliphatic rings. The maximum Gasteiger partial charge on any atom is 0.236 e. The lowest BCUT2D eigenvalue weighted by molar-refractivity contribution is -0.129. The second-order valence-electron chi connectivity index (χ2n) is 3.64. The van der Waals surface area contributed by atoms with Gasteiger partial charge in [-0.2, -0.15) is 0 Å². The quantitative estimate of drug-likeness (QED) is 0.700. The van der Waals surface area contributed by atoms with Crippen LogP contribution in [0, 0.1) is 0 Å². The summed E-state index contributed by atoms with van der Waals surface area (Å²) in [5, 5.41) is 0. The van der Waals surface area contributed by atoms with E-state index in [9.17, 15) is 4.79 Å². The Labute approximate surface area is 88.8 Å². The zero-order valence-electron chi connectivity index (χ0n) is 8.42. The Morgan fingerprint density at radius 1 is 1.62 bits per heavy atom. The number of carbonyl (C=O) groups excluding carboxylic acids is 1. The smallest absolute Gasteiger partial charge is 0.236 e. The number of carbonyl (C=O) groups is 1. The molecule has 0 bridgehead atoms. The summed E-state index contributed by atoms with van der Waals surface area (Å²) in [6.07, 6.45) is 4.36. The molecule has 2 atom stereocenters. The van der Waals surface area contributed by atoms with Crippen LogP contribution in [0.25, 0.3) is 0 Å². The summed E-state index contributed by atoms with van der Waals surface area (Å²) in [7, 11) is 0. The highest BCUT2D eigenvalue weighted by Gasteiger charge is 2.32. The van der Waals surface area contributed by atoms with Crippen molar-refractivity contribution in [3.8, 4) is 0 Å². The fourth-order valence-corrected chi connectivity index (χ4v) is 2.41. The van der Waals surface area contributed by atoms with E-state index < -0.39 is 0 Å². The van der Waals surface area contributed by atoms with E-state index in [0.717, 1.165) is 32.2 Å². The van der Waals surface area contributed by atoms with Gasteiger partial charge in [-0.15, -0.1) is 0 Å². The molecular formula is C10H18BrNO. The Morgan fingerprint density at radius 3 is 2.69 bits per heavy atom. The minimum absolute atomic E-state index is 0.0819. The second-order valence-corrected chi connectivity index (χ2v) is 4.74. The highest BCUT2D eigenvalue weighted by Crippen LogP contribution is 2.23. The highest BCUT2D eigenvalue weighted by molar-refractivity contribution is 9.10. The van der Waals surface area contributed by atoms with Crippen molar-refractivity contribution in [1.82, 2.24) is 4.90 Å². The van der Waals surface area contributed by atoms with E-state index in [1.807, 2.05) is 4.90 Å². The Balaban J connectivity index is 2.54. The van der Waals surface area contributed by atoms with Crippen molar-refractivity contribution in [2.24, 2.45) is 0 Å². The molecule has 1 fully saturated rings. The minimum Gasteiger partial charge on any atom is -0.339 e. The molecular weight excluding hydrogens is 230 g/mol. The molecule has 0 radical (unpaired) electrons.